The molecule has 1 aliphatic rings. The summed E-state index contributed by atoms with van der Waals surface area (Å²) in [7, 11) is 0. The third-order valence-corrected chi connectivity index (χ3v) is 2.88. The van der Waals surface area contributed by atoms with Gasteiger partial charge in [0.2, 0.25) is 0 Å². The number of carbonyl (C=O) groups is 1. The van der Waals surface area contributed by atoms with Gasteiger partial charge >= 0.3 is 0 Å². The highest BCUT2D eigenvalue weighted by atomic mass is 16.1. The van der Waals surface area contributed by atoms with Gasteiger partial charge in [-0.25, -0.2) is 0 Å². The first-order valence-electron chi connectivity index (χ1n) is 5.39. The van der Waals surface area contributed by atoms with Crippen molar-refractivity contribution in [2.45, 2.75) is 13.0 Å². The Labute approximate surface area is 89.7 Å². The molecule has 0 saturated carbocycles. The molecule has 0 bridgehead atoms. The van der Waals surface area contributed by atoms with Crippen LogP contribution in [0.1, 0.15) is 17.4 Å². The molecule has 0 unspecified atom stereocenters. The van der Waals surface area contributed by atoms with Gasteiger partial charge in [-0.3, -0.25) is 9.69 Å². The van der Waals surface area contributed by atoms with Crippen molar-refractivity contribution in [3.05, 3.63) is 24.0 Å². The smallest absolute Gasteiger partial charge is 0.192 e. The molecule has 2 heterocycles. The fraction of sp³-hybridized carbons (Fsp3) is 0.545. The van der Waals surface area contributed by atoms with Crippen molar-refractivity contribution in [2.75, 3.05) is 26.2 Å². The fourth-order valence-electron chi connectivity index (χ4n) is 1.89. The van der Waals surface area contributed by atoms with E-state index in [1.54, 1.807) is 6.20 Å². The van der Waals surface area contributed by atoms with E-state index < -0.39 is 0 Å². The third kappa shape index (κ3) is 2.46. The number of aromatic nitrogens is 1. The molecule has 0 radical (unpaired) electrons. The van der Waals surface area contributed by atoms with Crippen LogP contribution in [0.5, 0.6) is 0 Å². The average Bonchev–Trinajstić information content (AvgIpc) is 2.74. The quantitative estimate of drug-likeness (QED) is 0.709. The molecule has 82 valence electrons. The number of hydrogen-bond acceptors (Lipinski definition) is 3. The number of H-pyrrole nitrogens is 1. The van der Waals surface area contributed by atoms with Crippen LogP contribution >= 0.6 is 0 Å². The maximum absolute atomic E-state index is 11.8. The Bertz CT molecular complexity index is 321. The summed E-state index contributed by atoms with van der Waals surface area (Å²) >= 11 is 0. The van der Waals surface area contributed by atoms with Crippen molar-refractivity contribution in [2.24, 2.45) is 0 Å². The lowest BCUT2D eigenvalue weighted by Gasteiger charge is -2.33. The summed E-state index contributed by atoms with van der Waals surface area (Å²) < 4.78 is 0. The fourth-order valence-corrected chi connectivity index (χ4v) is 1.89. The van der Waals surface area contributed by atoms with Crippen molar-refractivity contribution in [1.29, 1.82) is 0 Å². The maximum Gasteiger partial charge on any atom is 0.192 e. The van der Waals surface area contributed by atoms with E-state index in [1.807, 2.05) is 12.1 Å². The van der Waals surface area contributed by atoms with E-state index in [4.69, 9.17) is 0 Å². The highest BCUT2D eigenvalue weighted by Gasteiger charge is 2.20. The first kappa shape index (κ1) is 10.4. The zero-order chi connectivity index (χ0) is 10.7. The van der Waals surface area contributed by atoms with Crippen molar-refractivity contribution in [1.82, 2.24) is 15.2 Å². The zero-order valence-electron chi connectivity index (χ0n) is 8.99. The van der Waals surface area contributed by atoms with Gasteiger partial charge in [-0.2, -0.15) is 0 Å². The molecule has 15 heavy (non-hydrogen) atoms. The highest BCUT2D eigenvalue weighted by molar-refractivity contribution is 5.95. The molecular weight excluding hydrogens is 190 g/mol. The number of Topliss-reactive ketones (excluding diaryl/α,β-unsaturated/α-hetero) is 1. The number of carbonyl (C=O) groups excluding carboxylic acids is 1. The molecule has 0 amide bonds. The molecule has 4 nitrogen and oxygen atoms in total. The molecule has 4 heteroatoms. The lowest BCUT2D eigenvalue weighted by atomic mass is 10.2. The van der Waals surface area contributed by atoms with E-state index in [-0.39, 0.29) is 5.78 Å². The summed E-state index contributed by atoms with van der Waals surface area (Å²) in [4.78, 5) is 17.0. The molecule has 0 aliphatic carbocycles. The number of nitrogens with zero attached hydrogens (tertiary/aromatic N) is 1. The SMILES string of the molecule is C[C@@H]1CNCCN1CC(=O)c1ccc[nH]1. The minimum absolute atomic E-state index is 0.175. The number of nitrogens with one attached hydrogen (secondary N) is 2. The first-order chi connectivity index (χ1) is 7.27. The van der Waals surface area contributed by atoms with Gasteiger partial charge in [0, 0.05) is 31.9 Å². The van der Waals surface area contributed by atoms with Gasteiger partial charge in [0.15, 0.2) is 5.78 Å². The number of piperazine rings is 1. The van der Waals surface area contributed by atoms with E-state index in [0.717, 1.165) is 19.6 Å². The Kier molecular flexibility index (Phi) is 3.18. The van der Waals surface area contributed by atoms with Crippen molar-refractivity contribution in [3.8, 4) is 0 Å². The molecule has 1 aromatic heterocycles. The van der Waals surface area contributed by atoms with Crippen LogP contribution in [0.25, 0.3) is 0 Å². The summed E-state index contributed by atoms with van der Waals surface area (Å²) in [6, 6.07) is 4.13. The zero-order valence-corrected chi connectivity index (χ0v) is 8.99. The topological polar surface area (TPSA) is 48.1 Å². The second kappa shape index (κ2) is 4.59. The van der Waals surface area contributed by atoms with Crippen LogP contribution in [0.4, 0.5) is 0 Å². The Morgan fingerprint density at radius 1 is 1.67 bits per heavy atom. The number of rotatable bonds is 3. The summed E-state index contributed by atoms with van der Waals surface area (Å²) in [6.45, 7) is 5.56. The summed E-state index contributed by atoms with van der Waals surface area (Å²) in [5, 5.41) is 3.31. The molecule has 1 saturated heterocycles. The maximum atomic E-state index is 11.8. The second-order valence-electron chi connectivity index (χ2n) is 4.03. The first-order valence-corrected chi connectivity index (χ1v) is 5.39. The predicted molar refractivity (Wildman–Crippen MR) is 59.0 cm³/mol. The van der Waals surface area contributed by atoms with E-state index >= 15 is 0 Å². The second-order valence-corrected chi connectivity index (χ2v) is 4.03. The highest BCUT2D eigenvalue weighted by Crippen LogP contribution is 2.05. The van der Waals surface area contributed by atoms with E-state index in [2.05, 4.69) is 22.1 Å². The van der Waals surface area contributed by atoms with Gasteiger partial charge in [-0.1, -0.05) is 0 Å². The minimum atomic E-state index is 0.175. The van der Waals surface area contributed by atoms with Gasteiger partial charge in [-0.05, 0) is 19.1 Å². The van der Waals surface area contributed by atoms with Crippen LogP contribution in [-0.2, 0) is 0 Å². The summed E-state index contributed by atoms with van der Waals surface area (Å²) in [5.74, 6) is 0.175. The van der Waals surface area contributed by atoms with Crippen LogP contribution in [0.15, 0.2) is 18.3 Å². The average molecular weight is 207 g/mol. The van der Waals surface area contributed by atoms with Crippen LogP contribution in [0.2, 0.25) is 0 Å². The molecule has 2 N–H and O–H groups in total. The van der Waals surface area contributed by atoms with E-state index in [1.165, 1.54) is 0 Å². The lowest BCUT2D eigenvalue weighted by molar-refractivity contribution is 0.0871. The van der Waals surface area contributed by atoms with E-state index in [9.17, 15) is 4.79 Å². The Morgan fingerprint density at radius 2 is 2.53 bits per heavy atom. The summed E-state index contributed by atoms with van der Waals surface area (Å²) in [6.07, 6.45) is 1.79. The standard InChI is InChI=1S/C11H17N3O/c1-9-7-12-5-6-14(9)8-11(15)10-3-2-4-13-10/h2-4,9,12-13H,5-8H2,1H3/t9-/m1/s1. The molecular formula is C11H17N3O. The number of ketones is 1. The van der Waals surface area contributed by atoms with Gasteiger partial charge < -0.3 is 10.3 Å². The van der Waals surface area contributed by atoms with Crippen LogP contribution < -0.4 is 5.32 Å². The van der Waals surface area contributed by atoms with Gasteiger partial charge in [0.05, 0.1) is 12.2 Å². The minimum Gasteiger partial charge on any atom is -0.359 e. The Balaban J connectivity index is 1.93. The lowest BCUT2D eigenvalue weighted by Crippen LogP contribution is -2.51. The molecule has 1 aliphatic heterocycles. The third-order valence-electron chi connectivity index (χ3n) is 2.88. The van der Waals surface area contributed by atoms with Gasteiger partial charge in [0.25, 0.3) is 0 Å². The molecule has 1 atom stereocenters. The predicted octanol–water partition coefficient (Wildman–Crippen LogP) is 0.491. The molecule has 0 spiro atoms. The van der Waals surface area contributed by atoms with Gasteiger partial charge in [-0.15, -0.1) is 0 Å². The summed E-state index contributed by atoms with van der Waals surface area (Å²) in [5.41, 5.74) is 0.709. The van der Waals surface area contributed by atoms with E-state index in [0.29, 0.717) is 18.3 Å². The number of aromatic amines is 1. The van der Waals surface area contributed by atoms with Crippen LogP contribution in [-0.4, -0.2) is 47.9 Å². The molecule has 2 rings (SSSR count). The number of hydrogen-bond donors (Lipinski definition) is 2. The molecule has 1 fully saturated rings. The Morgan fingerprint density at radius 3 is 3.20 bits per heavy atom. The monoisotopic (exact) mass is 207 g/mol. The molecule has 1 aromatic rings. The van der Waals surface area contributed by atoms with Crippen LogP contribution in [0, 0.1) is 0 Å². The Hall–Kier alpha value is -1.13. The normalized spacial score (nSPS) is 22.9. The van der Waals surface area contributed by atoms with Crippen molar-refractivity contribution in [3.63, 3.8) is 0 Å². The van der Waals surface area contributed by atoms with Gasteiger partial charge in [0.1, 0.15) is 0 Å². The van der Waals surface area contributed by atoms with Crippen molar-refractivity contribution < 1.29 is 4.79 Å². The van der Waals surface area contributed by atoms with Crippen molar-refractivity contribution >= 4 is 5.78 Å². The largest absolute Gasteiger partial charge is 0.359 e. The van der Waals surface area contributed by atoms with Crippen LogP contribution in [0.3, 0.4) is 0 Å². The molecule has 0 aromatic carbocycles.